The van der Waals surface area contributed by atoms with Crippen molar-refractivity contribution in [3.05, 3.63) is 81.9 Å². The summed E-state index contributed by atoms with van der Waals surface area (Å²) in [4.78, 5) is 26.1. The van der Waals surface area contributed by atoms with Crippen LogP contribution in [0.25, 0.3) is 11.1 Å². The fraction of sp³-hybridized carbons (Fsp3) is 0.182. The van der Waals surface area contributed by atoms with Crippen molar-refractivity contribution in [2.45, 2.75) is 27.7 Å². The van der Waals surface area contributed by atoms with Crippen LogP contribution in [-0.2, 0) is 9.59 Å². The Morgan fingerprint density at radius 2 is 1.21 bits per heavy atom. The Labute approximate surface area is 142 Å². The molecule has 0 saturated heterocycles. The molecule has 2 aromatic rings. The summed E-state index contributed by atoms with van der Waals surface area (Å²) in [6.45, 7) is 7.49. The second-order valence-corrected chi connectivity index (χ2v) is 6.27. The average Bonchev–Trinajstić information content (AvgIpc) is 2.59. The van der Waals surface area contributed by atoms with Gasteiger partial charge in [0.25, 0.3) is 0 Å². The molecule has 0 N–H and O–H groups in total. The van der Waals surface area contributed by atoms with E-state index in [1.165, 1.54) is 0 Å². The molecule has 0 spiro atoms. The Balaban J connectivity index is 2.38. The normalized spacial score (nSPS) is 15.3. The molecule has 0 saturated carbocycles. The Morgan fingerprint density at radius 1 is 0.625 bits per heavy atom. The van der Waals surface area contributed by atoms with Crippen LogP contribution >= 0.6 is 0 Å². The summed E-state index contributed by atoms with van der Waals surface area (Å²) in [5, 5.41) is 0. The summed E-state index contributed by atoms with van der Waals surface area (Å²) in [6.07, 6.45) is 0. The van der Waals surface area contributed by atoms with Crippen molar-refractivity contribution in [1.82, 2.24) is 0 Å². The first kappa shape index (κ1) is 16.1. The molecule has 0 aliphatic heterocycles. The van der Waals surface area contributed by atoms with Gasteiger partial charge in [-0.05, 0) is 49.9 Å². The maximum Gasteiger partial charge on any atom is 0.190 e. The maximum absolute atomic E-state index is 13.1. The second kappa shape index (κ2) is 6.04. The molecule has 0 bridgehead atoms. The molecular formula is C22H20O2. The second-order valence-electron chi connectivity index (χ2n) is 6.27. The van der Waals surface area contributed by atoms with Gasteiger partial charge in [0.1, 0.15) is 0 Å². The van der Waals surface area contributed by atoms with Crippen molar-refractivity contribution < 1.29 is 9.59 Å². The molecule has 0 amide bonds. The Kier molecular flexibility index (Phi) is 4.06. The SMILES string of the molecule is CC1=C(C)C(=O)C(c2cccc(C)c2C)=C(c2ccccc2)C1=O. The van der Waals surface area contributed by atoms with E-state index in [1.54, 1.807) is 13.8 Å². The number of allylic oxidation sites excluding steroid dienone is 4. The van der Waals surface area contributed by atoms with Gasteiger partial charge in [-0.1, -0.05) is 48.5 Å². The Hall–Kier alpha value is -2.74. The summed E-state index contributed by atoms with van der Waals surface area (Å²) < 4.78 is 0. The van der Waals surface area contributed by atoms with E-state index in [0.29, 0.717) is 22.3 Å². The van der Waals surface area contributed by atoms with Gasteiger partial charge in [0, 0.05) is 22.3 Å². The van der Waals surface area contributed by atoms with E-state index < -0.39 is 0 Å². The largest absolute Gasteiger partial charge is 0.289 e. The third-order valence-corrected chi connectivity index (χ3v) is 4.88. The van der Waals surface area contributed by atoms with Crippen molar-refractivity contribution in [2.24, 2.45) is 0 Å². The predicted octanol–water partition coefficient (Wildman–Crippen LogP) is 4.70. The van der Waals surface area contributed by atoms with Gasteiger partial charge in [-0.15, -0.1) is 0 Å². The molecule has 0 heterocycles. The zero-order valence-corrected chi connectivity index (χ0v) is 14.4. The van der Waals surface area contributed by atoms with Crippen LogP contribution in [0.2, 0.25) is 0 Å². The lowest BCUT2D eigenvalue weighted by Crippen LogP contribution is -2.21. The number of Topliss-reactive ketones (excluding diaryl/α,β-unsaturated/α-hetero) is 2. The molecule has 24 heavy (non-hydrogen) atoms. The Bertz CT molecular complexity index is 912. The maximum atomic E-state index is 13.1. The molecule has 0 radical (unpaired) electrons. The molecule has 2 heteroatoms. The summed E-state index contributed by atoms with van der Waals surface area (Å²) in [6, 6.07) is 15.3. The van der Waals surface area contributed by atoms with Gasteiger partial charge >= 0.3 is 0 Å². The predicted molar refractivity (Wildman–Crippen MR) is 97.6 cm³/mol. The van der Waals surface area contributed by atoms with Crippen molar-refractivity contribution in [2.75, 3.05) is 0 Å². The quantitative estimate of drug-likeness (QED) is 0.752. The molecular weight excluding hydrogens is 296 g/mol. The minimum atomic E-state index is -0.0609. The van der Waals surface area contributed by atoms with Crippen LogP contribution in [0.4, 0.5) is 0 Å². The van der Waals surface area contributed by atoms with Crippen molar-refractivity contribution in [1.29, 1.82) is 0 Å². The highest BCUT2D eigenvalue weighted by Gasteiger charge is 2.32. The lowest BCUT2D eigenvalue weighted by Gasteiger charge is -2.23. The fourth-order valence-electron chi connectivity index (χ4n) is 3.10. The highest BCUT2D eigenvalue weighted by molar-refractivity contribution is 6.50. The number of carbonyl (C=O) groups is 2. The molecule has 3 rings (SSSR count). The van der Waals surface area contributed by atoms with Gasteiger partial charge in [0.2, 0.25) is 0 Å². The van der Waals surface area contributed by atoms with Gasteiger partial charge in [-0.2, -0.15) is 0 Å². The number of hydrogen-bond donors (Lipinski definition) is 0. The van der Waals surface area contributed by atoms with Gasteiger partial charge in [0.15, 0.2) is 11.6 Å². The smallest absolute Gasteiger partial charge is 0.190 e. The van der Waals surface area contributed by atoms with Crippen LogP contribution in [-0.4, -0.2) is 11.6 Å². The summed E-state index contributed by atoms with van der Waals surface area (Å²) in [5.74, 6) is -0.117. The van der Waals surface area contributed by atoms with E-state index >= 15 is 0 Å². The third-order valence-electron chi connectivity index (χ3n) is 4.88. The lowest BCUT2D eigenvalue weighted by molar-refractivity contribution is -0.113. The molecule has 2 aromatic carbocycles. The highest BCUT2D eigenvalue weighted by Crippen LogP contribution is 2.38. The number of hydrogen-bond acceptors (Lipinski definition) is 2. The van der Waals surface area contributed by atoms with Crippen molar-refractivity contribution in [3.63, 3.8) is 0 Å². The number of benzene rings is 2. The van der Waals surface area contributed by atoms with E-state index in [9.17, 15) is 9.59 Å². The van der Waals surface area contributed by atoms with Gasteiger partial charge < -0.3 is 0 Å². The van der Waals surface area contributed by atoms with E-state index in [-0.39, 0.29) is 11.6 Å². The zero-order valence-electron chi connectivity index (χ0n) is 14.4. The molecule has 2 nitrogen and oxygen atoms in total. The van der Waals surface area contributed by atoms with Crippen LogP contribution in [0, 0.1) is 13.8 Å². The topological polar surface area (TPSA) is 34.1 Å². The minimum absolute atomic E-state index is 0.0559. The monoisotopic (exact) mass is 316 g/mol. The Morgan fingerprint density at radius 3 is 1.83 bits per heavy atom. The van der Waals surface area contributed by atoms with Crippen LogP contribution in [0.1, 0.15) is 36.1 Å². The van der Waals surface area contributed by atoms with Crippen LogP contribution in [0.15, 0.2) is 59.7 Å². The summed E-state index contributed by atoms with van der Waals surface area (Å²) >= 11 is 0. The van der Waals surface area contributed by atoms with E-state index in [2.05, 4.69) is 0 Å². The first-order valence-electron chi connectivity index (χ1n) is 8.06. The summed E-state index contributed by atoms with van der Waals surface area (Å²) in [5.41, 5.74) is 5.89. The van der Waals surface area contributed by atoms with Crippen LogP contribution < -0.4 is 0 Å². The molecule has 0 aromatic heterocycles. The molecule has 120 valence electrons. The van der Waals surface area contributed by atoms with Gasteiger partial charge in [-0.3, -0.25) is 9.59 Å². The van der Waals surface area contributed by atoms with Crippen molar-refractivity contribution in [3.8, 4) is 0 Å². The van der Waals surface area contributed by atoms with Crippen LogP contribution in [0.3, 0.4) is 0 Å². The first-order valence-corrected chi connectivity index (χ1v) is 8.06. The molecule has 1 aliphatic rings. The van der Waals surface area contributed by atoms with E-state index in [4.69, 9.17) is 0 Å². The molecule has 0 atom stereocenters. The highest BCUT2D eigenvalue weighted by atomic mass is 16.1. The first-order chi connectivity index (χ1) is 11.4. The summed E-state index contributed by atoms with van der Waals surface area (Å²) in [7, 11) is 0. The molecule has 1 aliphatic carbocycles. The lowest BCUT2D eigenvalue weighted by atomic mass is 9.78. The third kappa shape index (κ3) is 2.44. The number of ketones is 2. The number of rotatable bonds is 2. The molecule has 0 fully saturated rings. The van der Waals surface area contributed by atoms with E-state index in [1.807, 2.05) is 62.4 Å². The average molecular weight is 316 g/mol. The van der Waals surface area contributed by atoms with Gasteiger partial charge in [-0.25, -0.2) is 0 Å². The standard InChI is InChI=1S/C22H20O2/c1-13-9-8-12-18(14(13)2)20-19(17-10-6-5-7-11-17)21(23)15(3)16(4)22(20)24/h5-12H,1-4H3. The fourth-order valence-corrected chi connectivity index (χ4v) is 3.10. The van der Waals surface area contributed by atoms with Gasteiger partial charge in [0.05, 0.1) is 0 Å². The zero-order chi connectivity index (χ0) is 17.4. The molecule has 0 unspecified atom stereocenters. The van der Waals surface area contributed by atoms with E-state index in [0.717, 1.165) is 22.3 Å². The number of aryl methyl sites for hydroxylation is 1. The van der Waals surface area contributed by atoms with Crippen molar-refractivity contribution >= 4 is 22.7 Å². The minimum Gasteiger partial charge on any atom is -0.289 e. The number of carbonyl (C=O) groups excluding carboxylic acids is 2. The van der Waals surface area contributed by atoms with Crippen LogP contribution in [0.5, 0.6) is 0 Å².